The van der Waals surface area contributed by atoms with E-state index in [4.69, 9.17) is 17.3 Å². The molecule has 1 rings (SSSR count). The highest BCUT2D eigenvalue weighted by Gasteiger charge is 2.18. The standard InChI is InChI=1S/C9H11ClN2O2/c1-2-8(11)7-4-3-6(10)5-9(7)12(13)14/h3-5,8H,2,11H2,1H3/t8-/m0/s1. The average Bonchev–Trinajstić information content (AvgIpc) is 2.16. The van der Waals surface area contributed by atoms with E-state index in [1.807, 2.05) is 6.92 Å². The molecule has 0 bridgehead atoms. The molecular formula is C9H11ClN2O2. The van der Waals surface area contributed by atoms with Crippen molar-refractivity contribution in [2.24, 2.45) is 5.73 Å². The minimum absolute atomic E-state index is 0.00755. The highest BCUT2D eigenvalue weighted by atomic mass is 35.5. The number of nitrogens with two attached hydrogens (primary N) is 1. The van der Waals surface area contributed by atoms with E-state index in [-0.39, 0.29) is 11.7 Å². The lowest BCUT2D eigenvalue weighted by molar-refractivity contribution is -0.385. The number of hydrogen-bond donors (Lipinski definition) is 1. The van der Waals surface area contributed by atoms with E-state index in [9.17, 15) is 10.1 Å². The van der Waals surface area contributed by atoms with E-state index in [0.717, 1.165) is 0 Å². The fourth-order valence-electron chi connectivity index (χ4n) is 1.21. The highest BCUT2D eigenvalue weighted by Crippen LogP contribution is 2.28. The van der Waals surface area contributed by atoms with E-state index in [2.05, 4.69) is 0 Å². The smallest absolute Gasteiger partial charge is 0.275 e. The lowest BCUT2D eigenvalue weighted by Gasteiger charge is -2.09. The molecule has 0 unspecified atom stereocenters. The maximum Gasteiger partial charge on any atom is 0.275 e. The molecule has 76 valence electrons. The quantitative estimate of drug-likeness (QED) is 0.621. The molecule has 1 aromatic carbocycles. The van der Waals surface area contributed by atoms with Crippen molar-refractivity contribution in [3.05, 3.63) is 38.9 Å². The number of nitrogens with zero attached hydrogens (tertiary/aromatic N) is 1. The Morgan fingerprint density at radius 2 is 2.29 bits per heavy atom. The van der Waals surface area contributed by atoms with Crippen LogP contribution in [0.2, 0.25) is 5.02 Å². The summed E-state index contributed by atoms with van der Waals surface area (Å²) in [6.45, 7) is 1.88. The zero-order chi connectivity index (χ0) is 10.7. The molecule has 0 aromatic heterocycles. The minimum Gasteiger partial charge on any atom is -0.324 e. The SMILES string of the molecule is CC[C@H](N)c1ccc(Cl)cc1[N+](=O)[O-]. The predicted molar refractivity (Wildman–Crippen MR) is 55.3 cm³/mol. The first-order valence-electron chi connectivity index (χ1n) is 4.25. The molecule has 4 nitrogen and oxygen atoms in total. The Morgan fingerprint density at radius 1 is 1.64 bits per heavy atom. The Kier molecular flexibility index (Phi) is 3.43. The fraction of sp³-hybridized carbons (Fsp3) is 0.333. The van der Waals surface area contributed by atoms with Gasteiger partial charge in [-0.2, -0.15) is 0 Å². The van der Waals surface area contributed by atoms with Gasteiger partial charge in [0.2, 0.25) is 0 Å². The van der Waals surface area contributed by atoms with Crippen LogP contribution in [-0.2, 0) is 0 Å². The van der Waals surface area contributed by atoms with Crippen molar-refractivity contribution in [3.8, 4) is 0 Å². The lowest BCUT2D eigenvalue weighted by atomic mass is 10.0. The fourth-order valence-corrected chi connectivity index (χ4v) is 1.37. The van der Waals surface area contributed by atoms with Gasteiger partial charge in [0.1, 0.15) is 0 Å². The number of nitro benzene ring substituents is 1. The molecule has 0 saturated heterocycles. The van der Waals surface area contributed by atoms with Crippen LogP contribution in [0, 0.1) is 10.1 Å². The summed E-state index contributed by atoms with van der Waals surface area (Å²) < 4.78 is 0. The van der Waals surface area contributed by atoms with Crippen LogP contribution < -0.4 is 5.73 Å². The summed E-state index contributed by atoms with van der Waals surface area (Å²) in [5, 5.41) is 11.0. The van der Waals surface area contributed by atoms with Gasteiger partial charge in [-0.25, -0.2) is 0 Å². The van der Waals surface area contributed by atoms with Crippen molar-refractivity contribution in [1.29, 1.82) is 0 Å². The molecule has 1 aromatic rings. The lowest BCUT2D eigenvalue weighted by Crippen LogP contribution is -2.10. The normalized spacial score (nSPS) is 12.5. The van der Waals surface area contributed by atoms with E-state index < -0.39 is 4.92 Å². The molecule has 0 aliphatic carbocycles. The Morgan fingerprint density at radius 3 is 2.79 bits per heavy atom. The largest absolute Gasteiger partial charge is 0.324 e. The van der Waals surface area contributed by atoms with Crippen molar-refractivity contribution in [1.82, 2.24) is 0 Å². The first-order chi connectivity index (χ1) is 6.56. The van der Waals surface area contributed by atoms with Crippen molar-refractivity contribution < 1.29 is 4.92 Å². The summed E-state index contributed by atoms with van der Waals surface area (Å²) in [6, 6.07) is 4.23. The summed E-state index contributed by atoms with van der Waals surface area (Å²) in [5.41, 5.74) is 6.26. The van der Waals surface area contributed by atoms with Gasteiger partial charge in [0, 0.05) is 22.7 Å². The summed E-state index contributed by atoms with van der Waals surface area (Å²) in [7, 11) is 0. The molecule has 14 heavy (non-hydrogen) atoms. The van der Waals surface area contributed by atoms with Gasteiger partial charge in [0.15, 0.2) is 0 Å². The highest BCUT2D eigenvalue weighted by molar-refractivity contribution is 6.30. The molecule has 1 atom stereocenters. The van der Waals surface area contributed by atoms with Crippen LogP contribution in [0.4, 0.5) is 5.69 Å². The van der Waals surface area contributed by atoms with Gasteiger partial charge in [0.25, 0.3) is 5.69 Å². The first-order valence-corrected chi connectivity index (χ1v) is 4.63. The monoisotopic (exact) mass is 214 g/mol. The summed E-state index contributed by atoms with van der Waals surface area (Å²) >= 11 is 5.66. The first kappa shape index (κ1) is 10.9. The summed E-state index contributed by atoms with van der Waals surface area (Å²) in [5.74, 6) is 0. The van der Waals surface area contributed by atoms with Crippen LogP contribution in [-0.4, -0.2) is 4.92 Å². The second kappa shape index (κ2) is 4.39. The topological polar surface area (TPSA) is 69.2 Å². The van der Waals surface area contributed by atoms with Crippen LogP contribution >= 0.6 is 11.6 Å². The zero-order valence-corrected chi connectivity index (χ0v) is 8.49. The number of nitro groups is 1. The van der Waals surface area contributed by atoms with Gasteiger partial charge in [-0.15, -0.1) is 0 Å². The second-order valence-corrected chi connectivity index (χ2v) is 3.41. The Labute approximate surface area is 86.8 Å². The predicted octanol–water partition coefficient (Wildman–Crippen LogP) is 2.66. The number of benzene rings is 1. The van der Waals surface area contributed by atoms with Gasteiger partial charge >= 0.3 is 0 Å². The third kappa shape index (κ3) is 2.21. The van der Waals surface area contributed by atoms with E-state index in [1.165, 1.54) is 6.07 Å². The van der Waals surface area contributed by atoms with Gasteiger partial charge in [-0.1, -0.05) is 18.5 Å². The maximum atomic E-state index is 10.7. The zero-order valence-electron chi connectivity index (χ0n) is 7.74. The van der Waals surface area contributed by atoms with Gasteiger partial charge in [-0.05, 0) is 18.6 Å². The van der Waals surface area contributed by atoms with Crippen LogP contribution in [0.15, 0.2) is 18.2 Å². The van der Waals surface area contributed by atoms with Gasteiger partial charge in [0.05, 0.1) is 4.92 Å². The van der Waals surface area contributed by atoms with Crippen molar-refractivity contribution in [3.63, 3.8) is 0 Å². The molecule has 0 saturated carbocycles. The van der Waals surface area contributed by atoms with Gasteiger partial charge < -0.3 is 5.73 Å². The second-order valence-electron chi connectivity index (χ2n) is 2.97. The molecule has 0 amide bonds. The number of hydrogen-bond acceptors (Lipinski definition) is 3. The molecule has 5 heteroatoms. The molecule has 0 spiro atoms. The third-order valence-electron chi connectivity index (χ3n) is 2.03. The van der Waals surface area contributed by atoms with E-state index in [0.29, 0.717) is 17.0 Å². The Hall–Kier alpha value is -1.13. The molecule has 0 fully saturated rings. The number of rotatable bonds is 3. The van der Waals surface area contributed by atoms with Crippen molar-refractivity contribution >= 4 is 17.3 Å². The van der Waals surface area contributed by atoms with Crippen molar-refractivity contribution in [2.75, 3.05) is 0 Å². The van der Waals surface area contributed by atoms with E-state index >= 15 is 0 Å². The molecule has 0 aliphatic heterocycles. The summed E-state index contributed by atoms with van der Waals surface area (Å²) in [6.07, 6.45) is 0.655. The summed E-state index contributed by atoms with van der Waals surface area (Å²) in [4.78, 5) is 10.2. The molecule has 2 N–H and O–H groups in total. The van der Waals surface area contributed by atoms with E-state index in [1.54, 1.807) is 12.1 Å². The van der Waals surface area contributed by atoms with Crippen LogP contribution in [0.1, 0.15) is 24.9 Å². The minimum atomic E-state index is -0.462. The average molecular weight is 215 g/mol. The number of halogens is 1. The van der Waals surface area contributed by atoms with Crippen LogP contribution in [0.25, 0.3) is 0 Å². The molecule has 0 aliphatic rings. The molecule has 0 radical (unpaired) electrons. The van der Waals surface area contributed by atoms with Crippen molar-refractivity contribution in [2.45, 2.75) is 19.4 Å². The third-order valence-corrected chi connectivity index (χ3v) is 2.26. The Balaban J connectivity index is 3.21. The molecular weight excluding hydrogens is 204 g/mol. The molecule has 0 heterocycles. The van der Waals surface area contributed by atoms with Crippen LogP contribution in [0.5, 0.6) is 0 Å². The van der Waals surface area contributed by atoms with Gasteiger partial charge in [-0.3, -0.25) is 10.1 Å². The maximum absolute atomic E-state index is 10.7. The van der Waals surface area contributed by atoms with Crippen LogP contribution in [0.3, 0.4) is 0 Å². The Bertz CT molecular complexity index is 355.